The summed E-state index contributed by atoms with van der Waals surface area (Å²) < 4.78 is 0. The molecule has 2 aliphatic heterocycles. The van der Waals surface area contributed by atoms with Gasteiger partial charge in [-0.3, -0.25) is 4.79 Å². The Kier molecular flexibility index (Phi) is 6.71. The number of nitrogens with zero attached hydrogens (tertiary/aromatic N) is 5. The number of amides is 2. The fourth-order valence-corrected chi connectivity index (χ4v) is 4.86. The summed E-state index contributed by atoms with van der Waals surface area (Å²) >= 11 is 11.8. The van der Waals surface area contributed by atoms with E-state index in [1.54, 1.807) is 25.2 Å². The number of carbonyl (C=O) groups excluding carboxylic acids is 1. The Bertz CT molecular complexity index is 965. The quantitative estimate of drug-likeness (QED) is 0.723. The molecule has 3 heterocycles. The van der Waals surface area contributed by atoms with Crippen molar-refractivity contribution in [2.75, 3.05) is 38.1 Å². The lowest BCUT2D eigenvalue weighted by molar-refractivity contribution is -0.135. The van der Waals surface area contributed by atoms with Crippen molar-refractivity contribution >= 4 is 41.0 Å². The number of anilines is 1. The summed E-state index contributed by atoms with van der Waals surface area (Å²) in [5.74, 6) is 0.660. The Balaban J connectivity index is 1.43. The predicted octanol–water partition coefficient (Wildman–Crippen LogP) is 3.60. The molecule has 32 heavy (non-hydrogen) atoms. The number of hydrogen-bond donors (Lipinski definition) is 1. The lowest BCUT2D eigenvalue weighted by atomic mass is 9.93. The maximum absolute atomic E-state index is 13.3. The van der Waals surface area contributed by atoms with Crippen LogP contribution in [0.3, 0.4) is 0 Å². The van der Waals surface area contributed by atoms with Crippen molar-refractivity contribution in [3.63, 3.8) is 0 Å². The number of rotatable bonds is 4. The second-order valence-corrected chi connectivity index (χ2v) is 9.16. The van der Waals surface area contributed by atoms with E-state index in [-0.39, 0.29) is 23.8 Å². The molecule has 0 unspecified atom stereocenters. The highest BCUT2D eigenvalue weighted by molar-refractivity contribution is 6.30. The lowest BCUT2D eigenvalue weighted by Gasteiger charge is -2.33. The molecule has 0 aliphatic carbocycles. The summed E-state index contributed by atoms with van der Waals surface area (Å²) in [6.45, 7) is 2.29. The topological polar surface area (TPSA) is 89.9 Å². The SMILES string of the molecule is CN(C(=O)O)[C@@H]1CN(C(=O)C2CCN(c3ccc(Cl)nn3)CC2)C[C@H]1c1ccc(Cl)cc1. The number of piperidine rings is 1. The highest BCUT2D eigenvalue weighted by Crippen LogP contribution is 2.34. The number of carbonyl (C=O) groups is 2. The van der Waals surface area contributed by atoms with Gasteiger partial charge in [0.25, 0.3) is 0 Å². The number of aromatic nitrogens is 2. The first-order chi connectivity index (χ1) is 15.3. The minimum Gasteiger partial charge on any atom is -0.465 e. The average Bonchev–Trinajstić information content (AvgIpc) is 3.24. The van der Waals surface area contributed by atoms with Crippen LogP contribution in [0.25, 0.3) is 0 Å². The predicted molar refractivity (Wildman–Crippen MR) is 122 cm³/mol. The second kappa shape index (κ2) is 9.50. The van der Waals surface area contributed by atoms with Gasteiger partial charge >= 0.3 is 6.09 Å². The molecule has 2 fully saturated rings. The molecule has 4 rings (SSSR count). The Hall–Kier alpha value is -2.58. The third-order valence-electron chi connectivity index (χ3n) is 6.48. The first-order valence-electron chi connectivity index (χ1n) is 10.6. The molecular weight excluding hydrogens is 453 g/mol. The van der Waals surface area contributed by atoms with Gasteiger partial charge < -0.3 is 19.8 Å². The summed E-state index contributed by atoms with van der Waals surface area (Å²) in [4.78, 5) is 30.2. The number of likely N-dealkylation sites (tertiary alicyclic amines) is 1. The molecule has 2 atom stereocenters. The summed E-state index contributed by atoms with van der Waals surface area (Å²) in [5.41, 5.74) is 0.985. The molecule has 1 aromatic heterocycles. The summed E-state index contributed by atoms with van der Waals surface area (Å²) in [7, 11) is 1.57. The molecule has 170 valence electrons. The summed E-state index contributed by atoms with van der Waals surface area (Å²) in [6, 6.07) is 10.7. The van der Waals surface area contributed by atoms with Crippen LogP contribution in [0.5, 0.6) is 0 Å². The first-order valence-corrected chi connectivity index (χ1v) is 11.3. The largest absolute Gasteiger partial charge is 0.465 e. The molecule has 0 radical (unpaired) electrons. The fourth-order valence-electron chi connectivity index (χ4n) is 4.63. The number of benzene rings is 1. The number of hydrogen-bond acceptors (Lipinski definition) is 5. The van der Waals surface area contributed by atoms with Crippen LogP contribution in [-0.2, 0) is 4.79 Å². The van der Waals surface area contributed by atoms with Gasteiger partial charge in [-0.2, -0.15) is 0 Å². The van der Waals surface area contributed by atoms with E-state index in [0.29, 0.717) is 49.2 Å². The standard InChI is InChI=1S/C22H25Cl2N5O3/c1-27(22(31)32)18-13-29(12-17(18)14-2-4-16(23)5-3-14)21(30)15-8-10-28(11-9-15)20-7-6-19(24)25-26-20/h2-7,15,17-18H,8-13H2,1H3,(H,31,32)/t17-,18+/m0/s1. The molecule has 1 N–H and O–H groups in total. The van der Waals surface area contributed by atoms with E-state index in [0.717, 1.165) is 11.4 Å². The Morgan fingerprint density at radius 1 is 1.03 bits per heavy atom. The molecular formula is C22H25Cl2N5O3. The van der Waals surface area contributed by atoms with E-state index < -0.39 is 6.09 Å². The minimum atomic E-state index is -0.999. The van der Waals surface area contributed by atoms with E-state index in [4.69, 9.17) is 23.2 Å². The molecule has 10 heteroatoms. The summed E-state index contributed by atoms with van der Waals surface area (Å²) in [6.07, 6.45) is 0.427. The van der Waals surface area contributed by atoms with Crippen LogP contribution in [-0.4, -0.2) is 76.4 Å². The van der Waals surface area contributed by atoms with Crippen molar-refractivity contribution in [3.05, 3.63) is 52.1 Å². The van der Waals surface area contributed by atoms with Crippen molar-refractivity contribution in [1.82, 2.24) is 20.0 Å². The van der Waals surface area contributed by atoms with Crippen LogP contribution in [0, 0.1) is 5.92 Å². The third-order valence-corrected chi connectivity index (χ3v) is 6.94. The van der Waals surface area contributed by atoms with E-state index >= 15 is 0 Å². The number of carboxylic acid groups (broad SMARTS) is 1. The Labute approximate surface area is 196 Å². The van der Waals surface area contributed by atoms with Crippen LogP contribution in [0.1, 0.15) is 24.3 Å². The zero-order valence-corrected chi connectivity index (χ0v) is 19.2. The minimum absolute atomic E-state index is 0.0899. The molecule has 0 saturated carbocycles. The van der Waals surface area contributed by atoms with Crippen LogP contribution < -0.4 is 4.90 Å². The van der Waals surface area contributed by atoms with Crippen LogP contribution >= 0.6 is 23.2 Å². The van der Waals surface area contributed by atoms with Crippen molar-refractivity contribution in [1.29, 1.82) is 0 Å². The van der Waals surface area contributed by atoms with Gasteiger partial charge in [-0.25, -0.2) is 4.79 Å². The number of halogens is 2. The second-order valence-electron chi connectivity index (χ2n) is 8.34. The third kappa shape index (κ3) is 4.76. The van der Waals surface area contributed by atoms with E-state index in [1.165, 1.54) is 4.90 Å². The zero-order chi connectivity index (χ0) is 22.8. The first kappa shape index (κ1) is 22.6. The van der Waals surface area contributed by atoms with Gasteiger partial charge in [0.05, 0.1) is 6.04 Å². The maximum Gasteiger partial charge on any atom is 0.407 e. The molecule has 2 amide bonds. The van der Waals surface area contributed by atoms with Gasteiger partial charge in [0.1, 0.15) is 0 Å². The average molecular weight is 478 g/mol. The molecule has 0 bridgehead atoms. The highest BCUT2D eigenvalue weighted by Gasteiger charge is 2.42. The van der Waals surface area contributed by atoms with Crippen molar-refractivity contribution in [2.24, 2.45) is 5.92 Å². The van der Waals surface area contributed by atoms with Gasteiger partial charge in [-0.15, -0.1) is 10.2 Å². The van der Waals surface area contributed by atoms with Gasteiger partial charge in [-0.05, 0) is 42.7 Å². The molecule has 8 nitrogen and oxygen atoms in total. The monoisotopic (exact) mass is 477 g/mol. The van der Waals surface area contributed by atoms with Gasteiger partial charge in [0, 0.05) is 50.1 Å². The zero-order valence-electron chi connectivity index (χ0n) is 17.7. The molecule has 2 aromatic rings. The van der Waals surface area contributed by atoms with Crippen LogP contribution in [0.15, 0.2) is 36.4 Å². The van der Waals surface area contributed by atoms with Gasteiger partial charge in [0.15, 0.2) is 11.0 Å². The van der Waals surface area contributed by atoms with E-state index in [9.17, 15) is 14.7 Å². The Morgan fingerprint density at radius 2 is 1.72 bits per heavy atom. The summed E-state index contributed by atoms with van der Waals surface area (Å²) in [5, 5.41) is 18.5. The molecule has 0 spiro atoms. The van der Waals surface area contributed by atoms with Crippen molar-refractivity contribution in [3.8, 4) is 0 Å². The van der Waals surface area contributed by atoms with E-state index in [2.05, 4.69) is 15.1 Å². The van der Waals surface area contributed by atoms with Gasteiger partial charge in [-0.1, -0.05) is 35.3 Å². The fraction of sp³-hybridized carbons (Fsp3) is 0.455. The highest BCUT2D eigenvalue weighted by atomic mass is 35.5. The molecule has 1 aromatic carbocycles. The molecule has 2 aliphatic rings. The van der Waals surface area contributed by atoms with E-state index in [1.807, 2.05) is 23.1 Å². The number of likely N-dealkylation sites (N-methyl/N-ethyl adjacent to an activating group) is 1. The van der Waals surface area contributed by atoms with Crippen molar-refractivity contribution < 1.29 is 14.7 Å². The molecule has 2 saturated heterocycles. The maximum atomic E-state index is 13.3. The van der Waals surface area contributed by atoms with Crippen LogP contribution in [0.4, 0.5) is 10.6 Å². The lowest BCUT2D eigenvalue weighted by Crippen LogP contribution is -2.44. The Morgan fingerprint density at radius 3 is 2.31 bits per heavy atom. The van der Waals surface area contributed by atoms with Crippen LogP contribution in [0.2, 0.25) is 10.2 Å². The normalized spacial score (nSPS) is 21.6. The smallest absolute Gasteiger partial charge is 0.407 e. The van der Waals surface area contributed by atoms with Crippen molar-refractivity contribution in [2.45, 2.75) is 24.8 Å². The van der Waals surface area contributed by atoms with Gasteiger partial charge in [0.2, 0.25) is 5.91 Å².